The highest BCUT2D eigenvalue weighted by atomic mass is 35.5. The first kappa shape index (κ1) is 13.5. The van der Waals surface area contributed by atoms with Gasteiger partial charge in [-0.05, 0) is 18.2 Å². The SMILES string of the molecule is OCC#Cc1cccc(OCCn2cc(Cl)cn2)c1. The number of benzene rings is 1. The van der Waals surface area contributed by atoms with Crippen LogP contribution >= 0.6 is 11.6 Å². The molecule has 4 nitrogen and oxygen atoms in total. The number of nitrogens with zero attached hydrogens (tertiary/aromatic N) is 2. The first-order chi connectivity index (χ1) is 9.28. The molecule has 0 radical (unpaired) electrons. The fourth-order valence-electron chi connectivity index (χ4n) is 1.52. The number of aliphatic hydroxyl groups is 1. The molecule has 0 fully saturated rings. The van der Waals surface area contributed by atoms with Crippen LogP contribution in [0, 0.1) is 11.8 Å². The molecule has 5 heteroatoms. The fraction of sp³-hybridized carbons (Fsp3) is 0.214. The predicted molar refractivity (Wildman–Crippen MR) is 73.1 cm³/mol. The van der Waals surface area contributed by atoms with Gasteiger partial charge in [-0.15, -0.1) is 0 Å². The lowest BCUT2D eigenvalue weighted by molar-refractivity contribution is 0.291. The summed E-state index contributed by atoms with van der Waals surface area (Å²) in [5.41, 5.74) is 0.814. The number of aromatic nitrogens is 2. The lowest BCUT2D eigenvalue weighted by Crippen LogP contribution is -2.08. The number of aliphatic hydroxyl groups excluding tert-OH is 1. The van der Waals surface area contributed by atoms with Gasteiger partial charge in [0.05, 0.1) is 17.8 Å². The minimum atomic E-state index is -0.148. The lowest BCUT2D eigenvalue weighted by atomic mass is 10.2. The summed E-state index contributed by atoms with van der Waals surface area (Å²) in [6.07, 6.45) is 3.33. The van der Waals surface area contributed by atoms with Crippen molar-refractivity contribution in [3.63, 3.8) is 0 Å². The minimum absolute atomic E-state index is 0.148. The number of hydrogen-bond donors (Lipinski definition) is 1. The standard InChI is InChI=1S/C14H13ClN2O2/c15-13-10-16-17(11-13)6-8-19-14-5-1-3-12(9-14)4-2-7-18/h1,3,5,9-11,18H,6-8H2. The van der Waals surface area contributed by atoms with Crippen LogP contribution in [-0.4, -0.2) is 28.1 Å². The third kappa shape index (κ3) is 4.32. The van der Waals surface area contributed by atoms with Gasteiger partial charge in [0.1, 0.15) is 19.0 Å². The van der Waals surface area contributed by atoms with E-state index < -0.39 is 0 Å². The molecule has 2 rings (SSSR count). The summed E-state index contributed by atoms with van der Waals surface area (Å²) in [5, 5.41) is 13.3. The Morgan fingerprint density at radius 3 is 3.05 bits per heavy atom. The molecule has 0 amide bonds. The second-order valence-electron chi connectivity index (χ2n) is 3.76. The van der Waals surface area contributed by atoms with Crippen LogP contribution in [0.1, 0.15) is 5.56 Å². The summed E-state index contributed by atoms with van der Waals surface area (Å²) in [6, 6.07) is 7.42. The molecule has 0 aliphatic heterocycles. The molecule has 19 heavy (non-hydrogen) atoms. The molecule has 2 aromatic rings. The monoisotopic (exact) mass is 276 g/mol. The van der Waals surface area contributed by atoms with Crippen molar-refractivity contribution in [1.29, 1.82) is 0 Å². The first-order valence-electron chi connectivity index (χ1n) is 5.78. The Balaban J connectivity index is 1.89. The largest absolute Gasteiger partial charge is 0.492 e. The van der Waals surface area contributed by atoms with E-state index in [1.165, 1.54) is 0 Å². The number of hydrogen-bond acceptors (Lipinski definition) is 3. The van der Waals surface area contributed by atoms with Gasteiger partial charge in [-0.2, -0.15) is 5.10 Å². The van der Waals surface area contributed by atoms with Crippen molar-refractivity contribution in [3.8, 4) is 17.6 Å². The summed E-state index contributed by atoms with van der Waals surface area (Å²) >= 11 is 5.77. The number of halogens is 1. The van der Waals surface area contributed by atoms with E-state index in [0.717, 1.165) is 11.3 Å². The topological polar surface area (TPSA) is 47.3 Å². The van der Waals surface area contributed by atoms with E-state index in [2.05, 4.69) is 16.9 Å². The Bertz CT molecular complexity index is 599. The predicted octanol–water partition coefficient (Wildman–Crippen LogP) is 1.96. The van der Waals surface area contributed by atoms with Gasteiger partial charge in [-0.1, -0.05) is 29.5 Å². The average Bonchev–Trinajstić information content (AvgIpc) is 2.83. The van der Waals surface area contributed by atoms with Crippen LogP contribution in [0.5, 0.6) is 5.75 Å². The van der Waals surface area contributed by atoms with Crippen LogP contribution < -0.4 is 4.74 Å². The van der Waals surface area contributed by atoms with Crippen molar-refractivity contribution in [3.05, 3.63) is 47.2 Å². The fourth-order valence-corrected chi connectivity index (χ4v) is 1.68. The zero-order valence-electron chi connectivity index (χ0n) is 10.2. The Morgan fingerprint density at radius 1 is 1.42 bits per heavy atom. The zero-order valence-corrected chi connectivity index (χ0v) is 11.0. The van der Waals surface area contributed by atoms with Gasteiger partial charge in [-0.25, -0.2) is 0 Å². The van der Waals surface area contributed by atoms with E-state index in [0.29, 0.717) is 18.2 Å². The van der Waals surface area contributed by atoms with Crippen LogP contribution in [0.3, 0.4) is 0 Å². The first-order valence-corrected chi connectivity index (χ1v) is 6.16. The van der Waals surface area contributed by atoms with Crippen LogP contribution in [0.4, 0.5) is 0 Å². The van der Waals surface area contributed by atoms with Crippen molar-refractivity contribution >= 4 is 11.6 Å². The Kier molecular flexibility index (Phi) is 4.85. The molecule has 0 unspecified atom stereocenters. The van der Waals surface area contributed by atoms with Crippen molar-refractivity contribution in [2.75, 3.05) is 13.2 Å². The highest BCUT2D eigenvalue weighted by Gasteiger charge is 1.98. The molecule has 0 bridgehead atoms. The second-order valence-corrected chi connectivity index (χ2v) is 4.19. The molecule has 1 N–H and O–H groups in total. The maximum atomic E-state index is 8.64. The average molecular weight is 277 g/mol. The van der Waals surface area contributed by atoms with Gasteiger partial charge in [-0.3, -0.25) is 4.68 Å². The molecule has 0 aliphatic rings. The Hall–Kier alpha value is -1.96. The zero-order chi connectivity index (χ0) is 13.5. The minimum Gasteiger partial charge on any atom is -0.492 e. The van der Waals surface area contributed by atoms with E-state index in [1.807, 2.05) is 24.3 Å². The summed E-state index contributed by atoms with van der Waals surface area (Å²) in [4.78, 5) is 0. The second kappa shape index (κ2) is 6.83. The van der Waals surface area contributed by atoms with Gasteiger partial charge in [0, 0.05) is 11.8 Å². The number of ether oxygens (including phenoxy) is 1. The lowest BCUT2D eigenvalue weighted by Gasteiger charge is -2.06. The maximum Gasteiger partial charge on any atom is 0.120 e. The molecule has 0 saturated heterocycles. The Morgan fingerprint density at radius 2 is 2.32 bits per heavy atom. The molecule has 98 valence electrons. The van der Waals surface area contributed by atoms with Gasteiger partial charge in [0.15, 0.2) is 0 Å². The molecular formula is C14H13ClN2O2. The molecular weight excluding hydrogens is 264 g/mol. The van der Waals surface area contributed by atoms with Crippen LogP contribution in [0.25, 0.3) is 0 Å². The summed E-state index contributed by atoms with van der Waals surface area (Å²) < 4.78 is 7.33. The normalized spacial score (nSPS) is 9.79. The van der Waals surface area contributed by atoms with Crippen molar-refractivity contribution in [2.24, 2.45) is 0 Å². The molecule has 0 atom stereocenters. The van der Waals surface area contributed by atoms with E-state index in [1.54, 1.807) is 17.1 Å². The highest BCUT2D eigenvalue weighted by molar-refractivity contribution is 6.30. The molecule has 1 aromatic heterocycles. The van der Waals surface area contributed by atoms with Gasteiger partial charge >= 0.3 is 0 Å². The number of rotatable bonds is 4. The third-order valence-electron chi connectivity index (χ3n) is 2.34. The van der Waals surface area contributed by atoms with E-state index in [9.17, 15) is 0 Å². The maximum absolute atomic E-state index is 8.64. The van der Waals surface area contributed by atoms with Crippen molar-refractivity contribution < 1.29 is 9.84 Å². The van der Waals surface area contributed by atoms with Gasteiger partial charge in [0.25, 0.3) is 0 Å². The van der Waals surface area contributed by atoms with Crippen molar-refractivity contribution in [1.82, 2.24) is 9.78 Å². The Labute approximate surface area is 116 Å². The molecule has 0 saturated carbocycles. The van der Waals surface area contributed by atoms with E-state index in [4.69, 9.17) is 21.4 Å². The summed E-state index contributed by atoms with van der Waals surface area (Å²) in [5.74, 6) is 6.17. The van der Waals surface area contributed by atoms with E-state index in [-0.39, 0.29) is 6.61 Å². The molecule has 1 heterocycles. The van der Waals surface area contributed by atoms with E-state index >= 15 is 0 Å². The van der Waals surface area contributed by atoms with Crippen LogP contribution in [0.2, 0.25) is 5.02 Å². The molecule has 0 spiro atoms. The van der Waals surface area contributed by atoms with Crippen LogP contribution in [0.15, 0.2) is 36.7 Å². The summed E-state index contributed by atoms with van der Waals surface area (Å²) in [7, 11) is 0. The van der Waals surface area contributed by atoms with Gasteiger partial charge in [0.2, 0.25) is 0 Å². The quantitative estimate of drug-likeness (QED) is 0.869. The van der Waals surface area contributed by atoms with Gasteiger partial charge < -0.3 is 9.84 Å². The summed E-state index contributed by atoms with van der Waals surface area (Å²) in [6.45, 7) is 0.972. The smallest absolute Gasteiger partial charge is 0.120 e. The molecule has 1 aromatic carbocycles. The van der Waals surface area contributed by atoms with Crippen molar-refractivity contribution in [2.45, 2.75) is 6.54 Å². The van der Waals surface area contributed by atoms with Crippen LogP contribution in [-0.2, 0) is 6.54 Å². The molecule has 0 aliphatic carbocycles. The third-order valence-corrected chi connectivity index (χ3v) is 2.53. The highest BCUT2D eigenvalue weighted by Crippen LogP contribution is 2.12.